The lowest BCUT2D eigenvalue weighted by Crippen LogP contribution is -2.40. The molecule has 0 heterocycles. The summed E-state index contributed by atoms with van der Waals surface area (Å²) in [5.41, 5.74) is 5.89. The molecule has 1 aromatic carbocycles. The SMILES string of the molecule is Cl.NC1CCC(NS(=O)(=O)c2cc(Cl)ccc2OCCC2CC2)CC1. The van der Waals surface area contributed by atoms with E-state index in [0.29, 0.717) is 17.4 Å². The number of hydrogen-bond acceptors (Lipinski definition) is 4. The molecule has 0 amide bonds. The predicted molar refractivity (Wildman–Crippen MR) is 102 cm³/mol. The van der Waals surface area contributed by atoms with Crippen LogP contribution in [0.4, 0.5) is 0 Å². The number of nitrogens with two attached hydrogens (primary N) is 1. The number of sulfonamides is 1. The zero-order valence-corrected chi connectivity index (χ0v) is 16.5. The van der Waals surface area contributed by atoms with E-state index in [2.05, 4.69) is 4.72 Å². The van der Waals surface area contributed by atoms with E-state index in [4.69, 9.17) is 22.1 Å². The molecule has 3 N–H and O–H groups in total. The molecule has 3 rings (SSSR count). The lowest BCUT2D eigenvalue weighted by Gasteiger charge is -2.27. The summed E-state index contributed by atoms with van der Waals surface area (Å²) in [5.74, 6) is 1.11. The van der Waals surface area contributed by atoms with Crippen molar-refractivity contribution >= 4 is 34.0 Å². The molecule has 0 bridgehead atoms. The molecule has 2 aliphatic carbocycles. The Morgan fingerprint density at radius 1 is 1.16 bits per heavy atom. The summed E-state index contributed by atoms with van der Waals surface area (Å²) in [4.78, 5) is 0.126. The van der Waals surface area contributed by atoms with Gasteiger partial charge in [0.15, 0.2) is 0 Å². The largest absolute Gasteiger partial charge is 0.492 e. The van der Waals surface area contributed by atoms with Crippen molar-refractivity contribution in [2.45, 2.75) is 61.9 Å². The van der Waals surface area contributed by atoms with Gasteiger partial charge in [-0.05, 0) is 56.2 Å². The minimum absolute atomic E-state index is 0. The van der Waals surface area contributed by atoms with Crippen molar-refractivity contribution in [3.8, 4) is 5.75 Å². The average Bonchev–Trinajstić information content (AvgIpc) is 3.35. The molecule has 5 nitrogen and oxygen atoms in total. The lowest BCUT2D eigenvalue weighted by atomic mass is 9.93. The molecule has 1 aromatic rings. The van der Waals surface area contributed by atoms with Crippen LogP contribution in [-0.2, 0) is 10.0 Å². The number of halogens is 2. The van der Waals surface area contributed by atoms with Gasteiger partial charge in [-0.1, -0.05) is 24.4 Å². The Balaban J connectivity index is 0.00000225. The molecule has 0 atom stereocenters. The highest BCUT2D eigenvalue weighted by Gasteiger charge is 2.27. The van der Waals surface area contributed by atoms with Crippen LogP contribution < -0.4 is 15.2 Å². The van der Waals surface area contributed by atoms with Crippen molar-refractivity contribution in [1.29, 1.82) is 0 Å². The summed E-state index contributed by atoms with van der Waals surface area (Å²) in [6.07, 6.45) is 6.68. The van der Waals surface area contributed by atoms with Gasteiger partial charge in [-0.25, -0.2) is 13.1 Å². The Bertz CT molecular complexity index is 672. The summed E-state index contributed by atoms with van der Waals surface area (Å²) in [5, 5.41) is 0.385. The topological polar surface area (TPSA) is 81.4 Å². The van der Waals surface area contributed by atoms with E-state index in [-0.39, 0.29) is 29.4 Å². The fourth-order valence-corrected chi connectivity index (χ4v) is 4.79. The van der Waals surface area contributed by atoms with E-state index in [9.17, 15) is 8.42 Å². The van der Waals surface area contributed by atoms with Crippen molar-refractivity contribution in [1.82, 2.24) is 4.72 Å². The van der Waals surface area contributed by atoms with Gasteiger partial charge in [0.1, 0.15) is 10.6 Å². The molecule has 0 radical (unpaired) electrons. The summed E-state index contributed by atoms with van der Waals surface area (Å²) in [6.45, 7) is 0.535. The summed E-state index contributed by atoms with van der Waals surface area (Å²) >= 11 is 6.01. The first kappa shape index (κ1) is 20.8. The van der Waals surface area contributed by atoms with Crippen LogP contribution in [0.1, 0.15) is 44.9 Å². The highest BCUT2D eigenvalue weighted by atomic mass is 35.5. The molecular formula is C17H26Cl2N2O3S. The molecule has 8 heteroatoms. The predicted octanol–water partition coefficient (Wildman–Crippen LogP) is 3.49. The Kier molecular flexibility index (Phi) is 7.40. The fourth-order valence-electron chi connectivity index (χ4n) is 3.07. The van der Waals surface area contributed by atoms with Gasteiger partial charge in [0.05, 0.1) is 6.61 Å². The van der Waals surface area contributed by atoms with Crippen molar-refractivity contribution < 1.29 is 13.2 Å². The maximum absolute atomic E-state index is 12.8. The normalized spacial score (nSPS) is 23.8. The molecule has 0 spiro atoms. The van der Waals surface area contributed by atoms with Crippen LogP contribution in [0, 0.1) is 5.92 Å². The van der Waals surface area contributed by atoms with Crippen molar-refractivity contribution in [3.63, 3.8) is 0 Å². The maximum Gasteiger partial charge on any atom is 0.244 e. The minimum atomic E-state index is -3.67. The van der Waals surface area contributed by atoms with Gasteiger partial charge in [0.25, 0.3) is 0 Å². The minimum Gasteiger partial charge on any atom is -0.492 e. The number of benzene rings is 1. The monoisotopic (exact) mass is 408 g/mol. The van der Waals surface area contributed by atoms with E-state index in [1.165, 1.54) is 18.9 Å². The average molecular weight is 409 g/mol. The van der Waals surface area contributed by atoms with Crippen molar-refractivity contribution in [3.05, 3.63) is 23.2 Å². The van der Waals surface area contributed by atoms with Crippen LogP contribution in [0.3, 0.4) is 0 Å². The molecule has 0 aliphatic heterocycles. The van der Waals surface area contributed by atoms with Crippen LogP contribution >= 0.6 is 24.0 Å². The molecule has 0 aromatic heterocycles. The third kappa shape index (κ3) is 6.00. The Hall–Kier alpha value is -0.530. The molecule has 25 heavy (non-hydrogen) atoms. The van der Waals surface area contributed by atoms with E-state index < -0.39 is 10.0 Å². The highest BCUT2D eigenvalue weighted by molar-refractivity contribution is 7.89. The van der Waals surface area contributed by atoms with E-state index in [1.54, 1.807) is 12.1 Å². The van der Waals surface area contributed by atoms with Gasteiger partial charge in [0, 0.05) is 17.1 Å². The third-order valence-electron chi connectivity index (χ3n) is 4.77. The quantitative estimate of drug-likeness (QED) is 0.723. The smallest absolute Gasteiger partial charge is 0.244 e. The van der Waals surface area contributed by atoms with Gasteiger partial charge >= 0.3 is 0 Å². The van der Waals surface area contributed by atoms with Crippen molar-refractivity contribution in [2.24, 2.45) is 11.7 Å². The molecular weight excluding hydrogens is 383 g/mol. The van der Waals surface area contributed by atoms with Gasteiger partial charge in [-0.15, -0.1) is 12.4 Å². The third-order valence-corrected chi connectivity index (χ3v) is 6.55. The van der Waals surface area contributed by atoms with Crippen LogP contribution in [-0.4, -0.2) is 27.1 Å². The molecule has 2 saturated carbocycles. The first-order chi connectivity index (χ1) is 11.4. The number of hydrogen-bond donors (Lipinski definition) is 2. The van der Waals surface area contributed by atoms with Crippen LogP contribution in [0.25, 0.3) is 0 Å². The van der Waals surface area contributed by atoms with E-state index >= 15 is 0 Å². The van der Waals surface area contributed by atoms with Gasteiger partial charge in [-0.3, -0.25) is 0 Å². The van der Waals surface area contributed by atoms with E-state index in [0.717, 1.165) is 38.0 Å². The molecule has 2 fully saturated rings. The lowest BCUT2D eigenvalue weighted by molar-refractivity contribution is 0.294. The van der Waals surface area contributed by atoms with Crippen LogP contribution in [0.5, 0.6) is 5.75 Å². The second kappa shape index (κ2) is 8.91. The second-order valence-electron chi connectivity index (χ2n) is 6.90. The Labute approximate surface area is 161 Å². The molecule has 0 saturated heterocycles. The summed E-state index contributed by atoms with van der Waals surface area (Å²) < 4.78 is 34.1. The Morgan fingerprint density at radius 2 is 1.84 bits per heavy atom. The van der Waals surface area contributed by atoms with Gasteiger partial charge in [-0.2, -0.15) is 0 Å². The standard InChI is InChI=1S/C17H25ClN2O3S.ClH/c18-13-3-8-16(23-10-9-12-1-2-12)17(11-13)24(21,22)20-15-6-4-14(19)5-7-15;/h3,8,11-12,14-15,20H,1-2,4-7,9-10,19H2;1H. The molecule has 0 unspecified atom stereocenters. The number of rotatable bonds is 7. The maximum atomic E-state index is 12.8. The zero-order chi connectivity index (χ0) is 17.2. The van der Waals surface area contributed by atoms with Crippen molar-refractivity contribution in [2.75, 3.05) is 6.61 Å². The van der Waals surface area contributed by atoms with Gasteiger partial charge in [0.2, 0.25) is 10.0 Å². The number of ether oxygens (including phenoxy) is 1. The molecule has 142 valence electrons. The summed E-state index contributed by atoms with van der Waals surface area (Å²) in [7, 11) is -3.67. The second-order valence-corrected chi connectivity index (χ2v) is 9.02. The number of nitrogens with one attached hydrogen (secondary N) is 1. The fraction of sp³-hybridized carbons (Fsp3) is 0.647. The van der Waals surface area contributed by atoms with Gasteiger partial charge < -0.3 is 10.5 Å². The van der Waals surface area contributed by atoms with E-state index in [1.807, 2.05) is 0 Å². The first-order valence-electron chi connectivity index (χ1n) is 8.64. The summed E-state index contributed by atoms with van der Waals surface area (Å²) in [6, 6.07) is 4.87. The Morgan fingerprint density at radius 3 is 2.48 bits per heavy atom. The zero-order valence-electron chi connectivity index (χ0n) is 14.1. The first-order valence-corrected chi connectivity index (χ1v) is 10.5. The van der Waals surface area contributed by atoms with Crippen LogP contribution in [0.2, 0.25) is 5.02 Å². The highest BCUT2D eigenvalue weighted by Crippen LogP contribution is 2.33. The van der Waals surface area contributed by atoms with Crippen LogP contribution in [0.15, 0.2) is 23.1 Å². The molecule has 2 aliphatic rings.